The lowest BCUT2D eigenvalue weighted by Crippen LogP contribution is -2.17. The van der Waals surface area contributed by atoms with Crippen LogP contribution < -0.4 is 10.1 Å². The quantitative estimate of drug-likeness (QED) is 0.849. The first kappa shape index (κ1) is 12.4. The van der Waals surface area contributed by atoms with Crippen molar-refractivity contribution in [1.82, 2.24) is 9.97 Å². The summed E-state index contributed by atoms with van der Waals surface area (Å²) in [5, 5.41) is 3.24. The van der Waals surface area contributed by atoms with Gasteiger partial charge in [-0.3, -0.25) is 0 Å². The maximum Gasteiger partial charge on any atom is 0.223 e. The Kier molecular flexibility index (Phi) is 4.17. The van der Waals surface area contributed by atoms with E-state index in [1.807, 2.05) is 12.1 Å². The maximum atomic E-state index is 5.29. The van der Waals surface area contributed by atoms with E-state index in [9.17, 15) is 0 Å². The van der Waals surface area contributed by atoms with Crippen molar-refractivity contribution in [3.05, 3.63) is 36.5 Å². The summed E-state index contributed by atoms with van der Waals surface area (Å²) >= 11 is 0. The molecule has 1 N–H and O–H groups in total. The second-order valence-electron chi connectivity index (χ2n) is 4.11. The summed E-state index contributed by atoms with van der Waals surface area (Å²) in [4.78, 5) is 8.33. The van der Waals surface area contributed by atoms with Crippen molar-refractivity contribution in [3.8, 4) is 5.75 Å². The number of rotatable bonds is 6. The molecule has 0 spiro atoms. The number of aromatic nitrogens is 2. The van der Waals surface area contributed by atoms with Crippen LogP contribution >= 0.6 is 0 Å². The lowest BCUT2D eigenvalue weighted by molar-refractivity contribution is 0.411. The van der Waals surface area contributed by atoms with Gasteiger partial charge in [0.2, 0.25) is 5.95 Å². The first-order valence-electron chi connectivity index (χ1n) is 5.93. The van der Waals surface area contributed by atoms with E-state index in [0.717, 1.165) is 18.6 Å². The molecule has 1 atom stereocenters. The zero-order chi connectivity index (χ0) is 12.8. The Labute approximate surface area is 106 Å². The second-order valence-corrected chi connectivity index (χ2v) is 4.11. The predicted molar refractivity (Wildman–Crippen MR) is 68.7 cm³/mol. The van der Waals surface area contributed by atoms with Crippen LogP contribution in [0.3, 0.4) is 0 Å². The largest absolute Gasteiger partial charge is 0.494 e. The van der Waals surface area contributed by atoms with Crippen LogP contribution in [0.1, 0.15) is 19.1 Å². The molecule has 2 heterocycles. The van der Waals surface area contributed by atoms with Gasteiger partial charge >= 0.3 is 0 Å². The number of ether oxygens (including phenoxy) is 1. The SMILES string of the molecule is COc1cnc(NC(C)CCc2ccco2)nc1. The maximum absolute atomic E-state index is 5.29. The molecule has 0 bridgehead atoms. The average Bonchev–Trinajstić information content (AvgIpc) is 2.90. The summed E-state index contributed by atoms with van der Waals surface area (Å²) < 4.78 is 10.3. The van der Waals surface area contributed by atoms with Gasteiger partial charge in [-0.15, -0.1) is 0 Å². The molecule has 0 saturated carbocycles. The van der Waals surface area contributed by atoms with Crippen molar-refractivity contribution in [3.63, 3.8) is 0 Å². The van der Waals surface area contributed by atoms with E-state index in [2.05, 4.69) is 22.2 Å². The Bertz CT molecular complexity index is 454. The van der Waals surface area contributed by atoms with E-state index in [4.69, 9.17) is 9.15 Å². The van der Waals surface area contributed by atoms with Crippen molar-refractivity contribution in [2.24, 2.45) is 0 Å². The number of nitrogens with one attached hydrogen (secondary N) is 1. The van der Waals surface area contributed by atoms with Crippen LogP contribution in [0.25, 0.3) is 0 Å². The van der Waals surface area contributed by atoms with E-state index in [1.54, 1.807) is 25.8 Å². The number of aryl methyl sites for hydroxylation is 1. The molecule has 0 aromatic carbocycles. The van der Waals surface area contributed by atoms with Gasteiger partial charge in [-0.05, 0) is 25.5 Å². The van der Waals surface area contributed by atoms with Crippen LogP contribution in [-0.2, 0) is 6.42 Å². The van der Waals surface area contributed by atoms with Gasteiger partial charge < -0.3 is 14.5 Å². The number of anilines is 1. The number of methoxy groups -OCH3 is 1. The topological polar surface area (TPSA) is 60.2 Å². The molecular formula is C13H17N3O2. The number of hydrogen-bond donors (Lipinski definition) is 1. The smallest absolute Gasteiger partial charge is 0.223 e. The lowest BCUT2D eigenvalue weighted by Gasteiger charge is -2.12. The average molecular weight is 247 g/mol. The standard InChI is InChI=1S/C13H17N3O2/c1-10(5-6-11-4-3-7-18-11)16-13-14-8-12(17-2)9-15-13/h3-4,7-10H,5-6H2,1-2H3,(H,14,15,16). The fourth-order valence-corrected chi connectivity index (χ4v) is 1.60. The highest BCUT2D eigenvalue weighted by molar-refractivity contribution is 5.28. The summed E-state index contributed by atoms with van der Waals surface area (Å²) in [6.07, 6.45) is 6.85. The molecule has 0 aliphatic rings. The predicted octanol–water partition coefficient (Wildman–Crippen LogP) is 2.51. The van der Waals surface area contributed by atoms with E-state index in [-0.39, 0.29) is 6.04 Å². The molecule has 0 aliphatic heterocycles. The zero-order valence-electron chi connectivity index (χ0n) is 10.6. The number of hydrogen-bond acceptors (Lipinski definition) is 5. The molecule has 0 fully saturated rings. The van der Waals surface area contributed by atoms with Crippen molar-refractivity contribution >= 4 is 5.95 Å². The summed E-state index contributed by atoms with van der Waals surface area (Å²) in [6.45, 7) is 2.09. The van der Waals surface area contributed by atoms with Crippen molar-refractivity contribution < 1.29 is 9.15 Å². The van der Waals surface area contributed by atoms with Gasteiger partial charge in [-0.25, -0.2) is 9.97 Å². The highest BCUT2D eigenvalue weighted by Gasteiger charge is 2.06. The molecule has 2 rings (SSSR count). The van der Waals surface area contributed by atoms with Gasteiger partial charge in [0.25, 0.3) is 0 Å². The number of nitrogens with zero attached hydrogens (tertiary/aromatic N) is 2. The second kappa shape index (κ2) is 6.05. The minimum atomic E-state index is 0.281. The molecule has 1 unspecified atom stereocenters. The molecule has 0 saturated heterocycles. The van der Waals surface area contributed by atoms with Crippen molar-refractivity contribution in [2.75, 3.05) is 12.4 Å². The van der Waals surface area contributed by atoms with Gasteiger partial charge in [0.05, 0.1) is 25.8 Å². The Balaban J connectivity index is 1.80. The number of furan rings is 1. The van der Waals surface area contributed by atoms with Crippen LogP contribution in [0, 0.1) is 0 Å². The fraction of sp³-hybridized carbons (Fsp3) is 0.385. The van der Waals surface area contributed by atoms with Gasteiger partial charge in [0, 0.05) is 12.5 Å². The van der Waals surface area contributed by atoms with Gasteiger partial charge in [0.15, 0.2) is 5.75 Å². The molecule has 0 amide bonds. The lowest BCUT2D eigenvalue weighted by atomic mass is 10.1. The first-order valence-corrected chi connectivity index (χ1v) is 5.93. The van der Waals surface area contributed by atoms with E-state index in [0.29, 0.717) is 11.7 Å². The van der Waals surface area contributed by atoms with E-state index in [1.165, 1.54) is 0 Å². The molecular weight excluding hydrogens is 230 g/mol. The summed E-state index contributed by atoms with van der Waals surface area (Å²) in [6, 6.07) is 4.17. The summed E-state index contributed by atoms with van der Waals surface area (Å²) in [7, 11) is 1.60. The highest BCUT2D eigenvalue weighted by atomic mass is 16.5. The molecule has 0 radical (unpaired) electrons. The Morgan fingerprint density at radius 2 is 2.17 bits per heavy atom. The highest BCUT2D eigenvalue weighted by Crippen LogP contribution is 2.11. The summed E-state index contributed by atoms with van der Waals surface area (Å²) in [5.41, 5.74) is 0. The monoisotopic (exact) mass is 247 g/mol. The Morgan fingerprint density at radius 3 is 2.78 bits per heavy atom. The van der Waals surface area contributed by atoms with E-state index >= 15 is 0 Å². The molecule has 96 valence electrons. The minimum Gasteiger partial charge on any atom is -0.494 e. The third-order valence-corrected chi connectivity index (χ3v) is 2.64. The normalized spacial score (nSPS) is 12.1. The summed E-state index contributed by atoms with van der Waals surface area (Å²) in [5.74, 6) is 2.27. The van der Waals surface area contributed by atoms with Gasteiger partial charge in [-0.2, -0.15) is 0 Å². The van der Waals surface area contributed by atoms with Crippen LogP contribution in [0.5, 0.6) is 5.75 Å². The van der Waals surface area contributed by atoms with E-state index < -0.39 is 0 Å². The van der Waals surface area contributed by atoms with Gasteiger partial charge in [-0.1, -0.05) is 0 Å². The van der Waals surface area contributed by atoms with Gasteiger partial charge in [0.1, 0.15) is 5.76 Å². The van der Waals surface area contributed by atoms with Crippen LogP contribution in [-0.4, -0.2) is 23.1 Å². The molecule has 0 aliphatic carbocycles. The molecule has 5 heteroatoms. The molecule has 2 aromatic heterocycles. The third-order valence-electron chi connectivity index (χ3n) is 2.64. The van der Waals surface area contributed by atoms with Crippen LogP contribution in [0.15, 0.2) is 35.2 Å². The van der Waals surface area contributed by atoms with Crippen molar-refractivity contribution in [1.29, 1.82) is 0 Å². The Hall–Kier alpha value is -2.04. The third kappa shape index (κ3) is 3.48. The fourth-order valence-electron chi connectivity index (χ4n) is 1.60. The van der Waals surface area contributed by atoms with Crippen LogP contribution in [0.2, 0.25) is 0 Å². The molecule has 2 aromatic rings. The Morgan fingerprint density at radius 1 is 1.39 bits per heavy atom. The minimum absolute atomic E-state index is 0.281. The first-order chi connectivity index (χ1) is 8.78. The molecule has 18 heavy (non-hydrogen) atoms. The van der Waals surface area contributed by atoms with Crippen molar-refractivity contribution in [2.45, 2.75) is 25.8 Å². The van der Waals surface area contributed by atoms with Crippen LogP contribution in [0.4, 0.5) is 5.95 Å². The molecule has 5 nitrogen and oxygen atoms in total. The zero-order valence-corrected chi connectivity index (χ0v) is 10.6.